The van der Waals surface area contributed by atoms with Crippen molar-refractivity contribution >= 4 is 11.7 Å². The van der Waals surface area contributed by atoms with Gasteiger partial charge >= 0.3 is 5.97 Å². The number of hydrogen-bond acceptors (Lipinski definition) is 4. The van der Waals surface area contributed by atoms with E-state index in [0.717, 1.165) is 0 Å². The Morgan fingerprint density at radius 2 is 2.17 bits per heavy atom. The maximum Gasteiger partial charge on any atom is 0.328 e. The van der Waals surface area contributed by atoms with E-state index in [0.29, 0.717) is 24.5 Å². The van der Waals surface area contributed by atoms with Crippen molar-refractivity contribution in [2.75, 3.05) is 19.0 Å². The van der Waals surface area contributed by atoms with Crippen molar-refractivity contribution in [3.8, 4) is 5.75 Å². The van der Waals surface area contributed by atoms with Crippen LogP contribution in [0.5, 0.6) is 5.75 Å². The summed E-state index contributed by atoms with van der Waals surface area (Å²) in [4.78, 5) is 11.6. The van der Waals surface area contributed by atoms with Crippen molar-refractivity contribution in [2.24, 2.45) is 0 Å². The molecule has 100 valence electrons. The molecule has 0 bridgehead atoms. The first-order chi connectivity index (χ1) is 8.62. The molecular weight excluding hydrogens is 237 g/mol. The van der Waals surface area contributed by atoms with Gasteiger partial charge in [-0.1, -0.05) is 6.92 Å². The predicted octanol–water partition coefficient (Wildman–Crippen LogP) is 2.59. The van der Waals surface area contributed by atoms with Crippen LogP contribution in [0.25, 0.3) is 0 Å². The number of benzene rings is 1. The molecule has 0 aromatic heterocycles. The summed E-state index contributed by atoms with van der Waals surface area (Å²) in [6.45, 7) is 3.95. The quantitative estimate of drug-likeness (QED) is 0.794. The first-order valence-corrected chi connectivity index (χ1v) is 5.89. The molecule has 1 N–H and O–H groups in total. The van der Waals surface area contributed by atoms with Gasteiger partial charge in [-0.25, -0.2) is 9.18 Å². The minimum atomic E-state index is -0.468. The van der Waals surface area contributed by atoms with E-state index < -0.39 is 6.04 Å². The number of anilines is 1. The minimum absolute atomic E-state index is 0.327. The molecule has 0 saturated carbocycles. The first-order valence-electron chi connectivity index (χ1n) is 5.89. The van der Waals surface area contributed by atoms with Crippen LogP contribution in [0.1, 0.15) is 20.3 Å². The van der Waals surface area contributed by atoms with E-state index in [2.05, 4.69) is 5.32 Å². The van der Waals surface area contributed by atoms with E-state index in [1.165, 1.54) is 25.3 Å². The molecule has 1 aromatic rings. The second-order valence-electron chi connectivity index (χ2n) is 3.70. The third kappa shape index (κ3) is 3.61. The fourth-order valence-corrected chi connectivity index (χ4v) is 1.54. The number of carbonyl (C=O) groups excluding carboxylic acids is 1. The Hall–Kier alpha value is -1.78. The number of halogens is 1. The van der Waals surface area contributed by atoms with Gasteiger partial charge in [0.15, 0.2) is 0 Å². The molecule has 0 amide bonds. The molecule has 0 heterocycles. The van der Waals surface area contributed by atoms with Gasteiger partial charge in [0.05, 0.1) is 19.4 Å². The molecular formula is C13H18FNO3. The van der Waals surface area contributed by atoms with E-state index >= 15 is 0 Å². The molecule has 0 radical (unpaired) electrons. The van der Waals surface area contributed by atoms with Crippen molar-refractivity contribution in [2.45, 2.75) is 26.3 Å². The molecule has 1 aromatic carbocycles. The Balaban J connectivity index is 2.84. The lowest BCUT2D eigenvalue weighted by Gasteiger charge is -2.18. The lowest BCUT2D eigenvalue weighted by Crippen LogP contribution is -2.30. The minimum Gasteiger partial charge on any atom is -0.494 e. The van der Waals surface area contributed by atoms with E-state index in [4.69, 9.17) is 9.47 Å². The predicted molar refractivity (Wildman–Crippen MR) is 67.3 cm³/mol. The second-order valence-corrected chi connectivity index (χ2v) is 3.70. The van der Waals surface area contributed by atoms with Crippen molar-refractivity contribution in [1.29, 1.82) is 0 Å². The molecule has 18 heavy (non-hydrogen) atoms. The molecule has 4 nitrogen and oxygen atoms in total. The number of hydrogen-bond donors (Lipinski definition) is 1. The maximum absolute atomic E-state index is 13.0. The molecule has 5 heteroatoms. The summed E-state index contributed by atoms with van der Waals surface area (Å²) < 4.78 is 23.0. The Bertz CT molecular complexity index is 409. The van der Waals surface area contributed by atoms with Gasteiger partial charge in [-0.2, -0.15) is 0 Å². The Morgan fingerprint density at radius 1 is 1.44 bits per heavy atom. The van der Waals surface area contributed by atoms with Crippen LogP contribution in [0, 0.1) is 5.82 Å². The highest BCUT2D eigenvalue weighted by Crippen LogP contribution is 2.26. The van der Waals surface area contributed by atoms with Gasteiger partial charge < -0.3 is 14.8 Å². The number of rotatable bonds is 6. The average molecular weight is 255 g/mol. The molecule has 0 aliphatic carbocycles. The highest BCUT2D eigenvalue weighted by atomic mass is 19.1. The summed E-state index contributed by atoms with van der Waals surface area (Å²) in [5, 5.41) is 2.99. The average Bonchev–Trinajstić information content (AvgIpc) is 2.37. The molecule has 1 unspecified atom stereocenters. The van der Waals surface area contributed by atoms with Gasteiger partial charge in [-0.15, -0.1) is 0 Å². The monoisotopic (exact) mass is 255 g/mol. The van der Waals surface area contributed by atoms with Crippen LogP contribution in [-0.4, -0.2) is 25.7 Å². The highest BCUT2D eigenvalue weighted by Gasteiger charge is 2.18. The van der Waals surface area contributed by atoms with E-state index in [-0.39, 0.29) is 11.8 Å². The standard InChI is InChI=1S/C13H18FNO3/c1-4-10(13(16)18-5-2)15-11-7-6-9(14)8-12(11)17-3/h6-8,10,15H,4-5H2,1-3H3. The van der Waals surface area contributed by atoms with Gasteiger partial charge in [0.2, 0.25) is 0 Å². The summed E-state index contributed by atoms with van der Waals surface area (Å²) >= 11 is 0. The molecule has 0 aliphatic rings. The zero-order chi connectivity index (χ0) is 13.5. The highest BCUT2D eigenvalue weighted by molar-refractivity contribution is 5.80. The van der Waals surface area contributed by atoms with Crippen LogP contribution in [0.4, 0.5) is 10.1 Å². The lowest BCUT2D eigenvalue weighted by atomic mass is 10.2. The van der Waals surface area contributed by atoms with Gasteiger partial charge in [0, 0.05) is 6.07 Å². The SMILES string of the molecule is CCOC(=O)C(CC)Nc1ccc(F)cc1OC. The van der Waals surface area contributed by atoms with Gasteiger partial charge in [-0.05, 0) is 25.5 Å². The normalized spacial score (nSPS) is 11.8. The molecule has 1 rings (SSSR count). The number of carbonyl (C=O) groups is 1. The maximum atomic E-state index is 13.0. The Morgan fingerprint density at radius 3 is 2.72 bits per heavy atom. The van der Waals surface area contributed by atoms with Crippen molar-refractivity contribution < 1.29 is 18.7 Å². The van der Waals surface area contributed by atoms with Crippen molar-refractivity contribution in [3.05, 3.63) is 24.0 Å². The molecule has 0 saturated heterocycles. The largest absolute Gasteiger partial charge is 0.494 e. The lowest BCUT2D eigenvalue weighted by molar-refractivity contribution is -0.144. The first kappa shape index (κ1) is 14.3. The summed E-state index contributed by atoms with van der Waals surface area (Å²) in [5.74, 6) is -0.356. The fourth-order valence-electron chi connectivity index (χ4n) is 1.54. The molecule has 0 aliphatic heterocycles. The van der Waals surface area contributed by atoms with Crippen LogP contribution in [0.15, 0.2) is 18.2 Å². The zero-order valence-electron chi connectivity index (χ0n) is 10.8. The van der Waals surface area contributed by atoms with E-state index in [1.54, 1.807) is 6.92 Å². The molecule has 0 fully saturated rings. The van der Waals surface area contributed by atoms with E-state index in [9.17, 15) is 9.18 Å². The number of methoxy groups -OCH3 is 1. The summed E-state index contributed by atoms with van der Waals surface area (Å²) in [5.41, 5.74) is 0.568. The van der Waals surface area contributed by atoms with Crippen LogP contribution in [-0.2, 0) is 9.53 Å². The molecule has 0 spiro atoms. The van der Waals surface area contributed by atoms with Crippen molar-refractivity contribution in [3.63, 3.8) is 0 Å². The zero-order valence-corrected chi connectivity index (χ0v) is 10.8. The third-order valence-electron chi connectivity index (χ3n) is 2.47. The number of ether oxygens (including phenoxy) is 2. The number of nitrogens with one attached hydrogen (secondary N) is 1. The summed E-state index contributed by atoms with van der Waals surface area (Å²) in [6.07, 6.45) is 0.569. The van der Waals surface area contributed by atoms with Crippen molar-refractivity contribution in [1.82, 2.24) is 0 Å². The van der Waals surface area contributed by atoms with Gasteiger partial charge in [-0.3, -0.25) is 0 Å². The smallest absolute Gasteiger partial charge is 0.328 e. The van der Waals surface area contributed by atoms with Crippen LogP contribution in [0.3, 0.4) is 0 Å². The Labute approximate surface area is 106 Å². The van der Waals surface area contributed by atoms with Gasteiger partial charge in [0.1, 0.15) is 17.6 Å². The summed E-state index contributed by atoms with van der Waals surface area (Å²) in [6, 6.07) is 3.64. The second kappa shape index (κ2) is 6.83. The number of esters is 1. The van der Waals surface area contributed by atoms with Crippen LogP contribution >= 0.6 is 0 Å². The van der Waals surface area contributed by atoms with Crippen LogP contribution in [0.2, 0.25) is 0 Å². The molecule has 1 atom stereocenters. The Kier molecular flexibility index (Phi) is 5.42. The fraction of sp³-hybridized carbons (Fsp3) is 0.462. The summed E-state index contributed by atoms with van der Waals surface area (Å²) in [7, 11) is 1.45. The van der Waals surface area contributed by atoms with Gasteiger partial charge in [0.25, 0.3) is 0 Å². The van der Waals surface area contributed by atoms with E-state index in [1.807, 2.05) is 6.92 Å². The third-order valence-corrected chi connectivity index (χ3v) is 2.47. The van der Waals surface area contributed by atoms with Crippen LogP contribution < -0.4 is 10.1 Å². The topological polar surface area (TPSA) is 47.6 Å².